The molecule has 0 amide bonds. The largest absolute Gasteiger partial charge is 0.481 e. The molecule has 0 saturated carbocycles. The summed E-state index contributed by atoms with van der Waals surface area (Å²) in [6, 6.07) is 0.588. The normalized spacial score (nSPS) is 30.1. The SMILES string of the molecule is CC(C)CCN1CCCC(N2CCC(C(=O)O)C2)C1. The lowest BCUT2D eigenvalue weighted by Crippen LogP contribution is -2.47. The Hall–Kier alpha value is -0.610. The zero-order chi connectivity index (χ0) is 13.8. The van der Waals surface area contributed by atoms with Gasteiger partial charge in [-0.25, -0.2) is 0 Å². The average Bonchev–Trinajstić information content (AvgIpc) is 2.86. The minimum absolute atomic E-state index is 0.133. The molecule has 4 heteroatoms. The van der Waals surface area contributed by atoms with Crippen molar-refractivity contribution in [1.82, 2.24) is 9.80 Å². The van der Waals surface area contributed by atoms with Gasteiger partial charge in [-0.3, -0.25) is 9.69 Å². The molecule has 0 aromatic carbocycles. The lowest BCUT2D eigenvalue weighted by Gasteiger charge is -2.38. The summed E-state index contributed by atoms with van der Waals surface area (Å²) in [5, 5.41) is 9.09. The van der Waals surface area contributed by atoms with E-state index in [0.29, 0.717) is 6.04 Å². The Morgan fingerprint density at radius 2 is 2.05 bits per heavy atom. The molecule has 2 rings (SSSR count). The van der Waals surface area contributed by atoms with Crippen molar-refractivity contribution in [1.29, 1.82) is 0 Å². The number of nitrogens with zero attached hydrogens (tertiary/aromatic N) is 2. The van der Waals surface area contributed by atoms with Gasteiger partial charge < -0.3 is 10.0 Å². The van der Waals surface area contributed by atoms with Gasteiger partial charge >= 0.3 is 5.97 Å². The number of aliphatic carboxylic acids is 1. The Labute approximate surface area is 116 Å². The summed E-state index contributed by atoms with van der Waals surface area (Å²) < 4.78 is 0. The topological polar surface area (TPSA) is 43.8 Å². The lowest BCUT2D eigenvalue weighted by atomic mass is 10.0. The van der Waals surface area contributed by atoms with E-state index in [0.717, 1.165) is 32.0 Å². The highest BCUT2D eigenvalue weighted by Gasteiger charge is 2.33. The van der Waals surface area contributed by atoms with Crippen molar-refractivity contribution < 1.29 is 9.90 Å². The minimum Gasteiger partial charge on any atom is -0.481 e. The van der Waals surface area contributed by atoms with Gasteiger partial charge in [0.25, 0.3) is 0 Å². The third kappa shape index (κ3) is 4.18. The predicted octanol–water partition coefficient (Wildman–Crippen LogP) is 1.90. The monoisotopic (exact) mass is 268 g/mol. The molecule has 0 aliphatic carbocycles. The van der Waals surface area contributed by atoms with Gasteiger partial charge in [0, 0.05) is 19.1 Å². The predicted molar refractivity (Wildman–Crippen MR) is 76.2 cm³/mol. The molecule has 2 unspecified atom stereocenters. The first-order valence-electron chi connectivity index (χ1n) is 7.75. The van der Waals surface area contributed by atoms with Crippen LogP contribution in [-0.4, -0.2) is 59.6 Å². The van der Waals surface area contributed by atoms with Gasteiger partial charge in [0.1, 0.15) is 0 Å². The molecule has 1 N–H and O–H groups in total. The molecule has 0 aromatic rings. The molecule has 0 spiro atoms. The molecule has 2 fully saturated rings. The highest BCUT2D eigenvalue weighted by molar-refractivity contribution is 5.70. The fraction of sp³-hybridized carbons (Fsp3) is 0.933. The van der Waals surface area contributed by atoms with Crippen molar-refractivity contribution in [2.75, 3.05) is 32.7 Å². The maximum absolute atomic E-state index is 11.0. The zero-order valence-electron chi connectivity index (χ0n) is 12.3. The van der Waals surface area contributed by atoms with Crippen LogP contribution >= 0.6 is 0 Å². The summed E-state index contributed by atoms with van der Waals surface area (Å²) in [6.45, 7) is 9.85. The molecule has 2 saturated heterocycles. The number of hydrogen-bond acceptors (Lipinski definition) is 3. The molecule has 2 heterocycles. The molecule has 0 bridgehead atoms. The first kappa shape index (κ1) is 14.8. The maximum atomic E-state index is 11.0. The molecule has 2 aliphatic heterocycles. The molecule has 2 aliphatic rings. The number of rotatable bonds is 5. The Kier molecular flexibility index (Phi) is 5.22. The van der Waals surface area contributed by atoms with Gasteiger partial charge in [0.05, 0.1) is 5.92 Å². The standard InChI is InChI=1S/C15H28N2O2/c1-12(2)5-8-16-7-3-4-14(11-16)17-9-6-13(10-17)15(18)19/h12-14H,3-11H2,1-2H3,(H,18,19). The fourth-order valence-corrected chi connectivity index (χ4v) is 3.29. The van der Waals surface area contributed by atoms with Gasteiger partial charge in [-0.15, -0.1) is 0 Å². The second-order valence-electron chi connectivity index (χ2n) is 6.60. The van der Waals surface area contributed by atoms with Crippen LogP contribution in [0.15, 0.2) is 0 Å². The number of hydrogen-bond donors (Lipinski definition) is 1. The molecule has 0 aromatic heterocycles. The first-order valence-corrected chi connectivity index (χ1v) is 7.75. The Balaban J connectivity index is 1.79. The van der Waals surface area contributed by atoms with Crippen LogP contribution in [-0.2, 0) is 4.79 Å². The van der Waals surface area contributed by atoms with Crippen molar-refractivity contribution in [2.45, 2.75) is 45.6 Å². The summed E-state index contributed by atoms with van der Waals surface area (Å²) in [4.78, 5) is 16.0. The van der Waals surface area contributed by atoms with Crippen molar-refractivity contribution in [3.63, 3.8) is 0 Å². The van der Waals surface area contributed by atoms with Crippen LogP contribution < -0.4 is 0 Å². The van der Waals surface area contributed by atoms with Crippen LogP contribution in [0.2, 0.25) is 0 Å². The van der Waals surface area contributed by atoms with E-state index in [1.807, 2.05) is 0 Å². The molecule has 4 nitrogen and oxygen atoms in total. The number of carboxylic acids is 1. The van der Waals surface area contributed by atoms with E-state index in [2.05, 4.69) is 23.6 Å². The summed E-state index contributed by atoms with van der Waals surface area (Å²) in [7, 11) is 0. The maximum Gasteiger partial charge on any atom is 0.307 e. The quantitative estimate of drug-likeness (QED) is 0.827. The molecule has 110 valence electrons. The summed E-state index contributed by atoms with van der Waals surface area (Å²) in [5.74, 6) is 0.0181. The second-order valence-corrected chi connectivity index (χ2v) is 6.60. The van der Waals surface area contributed by atoms with Crippen LogP contribution in [0.1, 0.15) is 39.5 Å². The molecule has 0 radical (unpaired) electrons. The number of likely N-dealkylation sites (tertiary alicyclic amines) is 2. The van der Waals surface area contributed by atoms with Crippen molar-refractivity contribution in [3.8, 4) is 0 Å². The van der Waals surface area contributed by atoms with Gasteiger partial charge in [0.2, 0.25) is 0 Å². The summed E-state index contributed by atoms with van der Waals surface area (Å²) in [6.07, 6.45) is 4.60. The summed E-state index contributed by atoms with van der Waals surface area (Å²) >= 11 is 0. The van der Waals surface area contributed by atoms with Crippen LogP contribution in [0.5, 0.6) is 0 Å². The molecule has 19 heavy (non-hydrogen) atoms. The van der Waals surface area contributed by atoms with Gasteiger partial charge in [-0.2, -0.15) is 0 Å². The van der Waals surface area contributed by atoms with E-state index in [-0.39, 0.29) is 5.92 Å². The van der Waals surface area contributed by atoms with Crippen LogP contribution in [0.25, 0.3) is 0 Å². The van der Waals surface area contributed by atoms with Gasteiger partial charge in [-0.1, -0.05) is 13.8 Å². The van der Waals surface area contributed by atoms with E-state index in [4.69, 9.17) is 5.11 Å². The highest BCUT2D eigenvalue weighted by Crippen LogP contribution is 2.24. The van der Waals surface area contributed by atoms with Crippen LogP contribution in [0.4, 0.5) is 0 Å². The van der Waals surface area contributed by atoms with E-state index in [9.17, 15) is 4.79 Å². The van der Waals surface area contributed by atoms with Gasteiger partial charge in [0.15, 0.2) is 0 Å². The lowest BCUT2D eigenvalue weighted by molar-refractivity contribution is -0.141. The number of carboxylic acid groups (broad SMARTS) is 1. The second kappa shape index (κ2) is 6.71. The van der Waals surface area contributed by atoms with Crippen molar-refractivity contribution >= 4 is 5.97 Å². The van der Waals surface area contributed by atoms with Gasteiger partial charge in [-0.05, 0) is 51.2 Å². The van der Waals surface area contributed by atoms with E-state index >= 15 is 0 Å². The van der Waals surface area contributed by atoms with Crippen LogP contribution in [0.3, 0.4) is 0 Å². The fourth-order valence-electron chi connectivity index (χ4n) is 3.29. The molecular weight excluding hydrogens is 240 g/mol. The van der Waals surface area contributed by atoms with Crippen LogP contribution in [0, 0.1) is 11.8 Å². The highest BCUT2D eigenvalue weighted by atomic mass is 16.4. The number of piperidine rings is 1. The third-order valence-corrected chi connectivity index (χ3v) is 4.59. The van der Waals surface area contributed by atoms with Crippen molar-refractivity contribution in [3.05, 3.63) is 0 Å². The Morgan fingerprint density at radius 3 is 2.68 bits per heavy atom. The smallest absolute Gasteiger partial charge is 0.307 e. The van der Waals surface area contributed by atoms with E-state index < -0.39 is 5.97 Å². The zero-order valence-corrected chi connectivity index (χ0v) is 12.3. The Morgan fingerprint density at radius 1 is 1.26 bits per heavy atom. The first-order chi connectivity index (χ1) is 9.06. The summed E-state index contributed by atoms with van der Waals surface area (Å²) in [5.41, 5.74) is 0. The van der Waals surface area contributed by atoms with E-state index in [1.54, 1.807) is 0 Å². The van der Waals surface area contributed by atoms with E-state index in [1.165, 1.54) is 32.4 Å². The third-order valence-electron chi connectivity index (χ3n) is 4.59. The average molecular weight is 268 g/mol. The number of carbonyl (C=O) groups is 1. The molecular formula is C15H28N2O2. The molecule has 2 atom stereocenters. The van der Waals surface area contributed by atoms with Crippen molar-refractivity contribution in [2.24, 2.45) is 11.8 Å². The minimum atomic E-state index is -0.616. The Bertz CT molecular complexity index is 307.